The third-order valence-electron chi connectivity index (χ3n) is 1.87. The molecule has 0 fully saturated rings. The Hall–Kier alpha value is -1.87. The number of nitrogens with one attached hydrogen (secondary N) is 1. The first-order valence-corrected chi connectivity index (χ1v) is 5.91. The van der Waals surface area contributed by atoms with Crippen molar-refractivity contribution < 1.29 is 14.3 Å². The molecule has 1 N–H and O–H groups in total. The van der Waals surface area contributed by atoms with Crippen LogP contribution in [0.15, 0.2) is 22.8 Å². The molecule has 0 aliphatic heterocycles. The van der Waals surface area contributed by atoms with Crippen molar-refractivity contribution in [2.24, 2.45) is 0 Å². The quantitative estimate of drug-likeness (QED) is 0.664. The molecule has 6 heteroatoms. The lowest BCUT2D eigenvalue weighted by atomic mass is 10.3. The van der Waals surface area contributed by atoms with Crippen molar-refractivity contribution in [3.05, 3.63) is 22.8 Å². The molecule has 0 unspecified atom stereocenters. The Morgan fingerprint density at radius 3 is 2.83 bits per heavy atom. The van der Waals surface area contributed by atoms with Gasteiger partial charge in [0.25, 0.3) is 0 Å². The summed E-state index contributed by atoms with van der Waals surface area (Å²) in [6, 6.07) is 3.41. The topological polar surface area (TPSA) is 68.3 Å². The molecule has 1 aromatic heterocycles. The van der Waals surface area contributed by atoms with Crippen molar-refractivity contribution in [2.75, 3.05) is 11.9 Å². The molecule has 0 saturated heterocycles. The van der Waals surface area contributed by atoms with E-state index in [2.05, 4.69) is 36.9 Å². The van der Waals surface area contributed by atoms with E-state index >= 15 is 0 Å². The predicted octanol–water partition coefficient (Wildman–Crippen LogP) is 1.74. The molecular weight excluding hydrogens is 300 g/mol. The molecule has 0 aliphatic carbocycles. The number of hydrogen-bond donors (Lipinski definition) is 1. The maximum atomic E-state index is 11.5. The molecule has 94 valence electrons. The Bertz CT molecular complexity index is 465. The summed E-state index contributed by atoms with van der Waals surface area (Å²) < 4.78 is 5.45. The first-order chi connectivity index (χ1) is 8.61. The van der Waals surface area contributed by atoms with Crippen LogP contribution in [0.25, 0.3) is 0 Å². The zero-order chi connectivity index (χ0) is 13.4. The highest BCUT2D eigenvalue weighted by Crippen LogP contribution is 2.10. The van der Waals surface area contributed by atoms with Crippen molar-refractivity contribution in [3.63, 3.8) is 0 Å². The third kappa shape index (κ3) is 5.46. The van der Waals surface area contributed by atoms with Crippen LogP contribution < -0.4 is 5.32 Å². The molecule has 0 aromatic carbocycles. The normalized spacial score (nSPS) is 9.33. The predicted molar refractivity (Wildman–Crippen MR) is 69.6 cm³/mol. The number of carbonyl (C=O) groups is 2. The van der Waals surface area contributed by atoms with E-state index in [9.17, 15) is 9.59 Å². The van der Waals surface area contributed by atoms with Gasteiger partial charge in [-0.3, -0.25) is 9.59 Å². The number of nitrogens with zero attached hydrogens (tertiary/aromatic N) is 1. The van der Waals surface area contributed by atoms with Crippen molar-refractivity contribution in [1.82, 2.24) is 4.98 Å². The van der Waals surface area contributed by atoms with Gasteiger partial charge in [-0.25, -0.2) is 4.98 Å². The van der Waals surface area contributed by atoms with Crippen LogP contribution in [-0.4, -0.2) is 23.5 Å². The van der Waals surface area contributed by atoms with Gasteiger partial charge in [-0.05, 0) is 28.1 Å². The number of pyridine rings is 1. The van der Waals surface area contributed by atoms with Crippen LogP contribution >= 0.6 is 15.9 Å². The second-order valence-corrected chi connectivity index (χ2v) is 4.19. The summed E-state index contributed by atoms with van der Waals surface area (Å²) in [4.78, 5) is 26.5. The van der Waals surface area contributed by atoms with E-state index in [1.807, 2.05) is 0 Å². The van der Waals surface area contributed by atoms with E-state index in [1.54, 1.807) is 18.3 Å². The minimum Gasteiger partial charge on any atom is -0.452 e. The first-order valence-electron chi connectivity index (χ1n) is 5.12. The molecule has 18 heavy (non-hydrogen) atoms. The number of halogens is 1. The number of terminal acetylenes is 1. The largest absolute Gasteiger partial charge is 0.452 e. The average Bonchev–Trinajstić information content (AvgIpc) is 2.36. The lowest BCUT2D eigenvalue weighted by molar-refractivity contribution is -0.143. The Morgan fingerprint density at radius 2 is 2.22 bits per heavy atom. The molecule has 1 heterocycles. The zero-order valence-electron chi connectivity index (χ0n) is 9.48. The van der Waals surface area contributed by atoms with E-state index in [0.717, 1.165) is 4.47 Å². The molecule has 1 rings (SSSR count). The second kappa shape index (κ2) is 7.45. The van der Waals surface area contributed by atoms with Crippen molar-refractivity contribution in [1.29, 1.82) is 0 Å². The number of rotatable bonds is 5. The number of aromatic nitrogens is 1. The Labute approximate surface area is 113 Å². The minimum atomic E-state index is -0.494. The SMILES string of the molecule is C#CCOC(=O)CCC(=O)Nc1ccc(Br)cn1. The minimum absolute atomic E-state index is 0.00988. The van der Waals surface area contributed by atoms with Gasteiger partial charge in [0.15, 0.2) is 6.61 Å². The molecule has 5 nitrogen and oxygen atoms in total. The summed E-state index contributed by atoms with van der Waals surface area (Å²) in [5, 5.41) is 2.56. The third-order valence-corrected chi connectivity index (χ3v) is 2.34. The summed E-state index contributed by atoms with van der Waals surface area (Å²) in [6.07, 6.45) is 6.51. The van der Waals surface area contributed by atoms with E-state index in [0.29, 0.717) is 5.82 Å². The van der Waals surface area contributed by atoms with E-state index in [1.165, 1.54) is 0 Å². The van der Waals surface area contributed by atoms with Crippen LogP contribution in [0.4, 0.5) is 5.82 Å². The lowest BCUT2D eigenvalue weighted by Gasteiger charge is -2.04. The Balaban J connectivity index is 2.32. The van der Waals surface area contributed by atoms with Crippen molar-refractivity contribution in [3.8, 4) is 12.3 Å². The summed E-state index contributed by atoms with van der Waals surface area (Å²) >= 11 is 3.23. The number of amides is 1. The van der Waals surface area contributed by atoms with E-state index in [4.69, 9.17) is 6.42 Å². The van der Waals surface area contributed by atoms with Gasteiger partial charge < -0.3 is 10.1 Å². The van der Waals surface area contributed by atoms with Crippen LogP contribution in [0.3, 0.4) is 0 Å². The molecule has 0 atom stereocenters. The average molecular weight is 311 g/mol. The molecule has 1 amide bonds. The number of esters is 1. The maximum Gasteiger partial charge on any atom is 0.307 e. The monoisotopic (exact) mass is 310 g/mol. The van der Waals surface area contributed by atoms with Crippen LogP contribution in [0.1, 0.15) is 12.8 Å². The molecule has 0 aliphatic rings. The number of hydrogen-bond acceptors (Lipinski definition) is 4. The van der Waals surface area contributed by atoms with E-state index in [-0.39, 0.29) is 25.4 Å². The lowest BCUT2D eigenvalue weighted by Crippen LogP contribution is -2.15. The summed E-state index contributed by atoms with van der Waals surface area (Å²) in [6.45, 7) is -0.0747. The van der Waals surface area contributed by atoms with Gasteiger partial charge in [0, 0.05) is 17.1 Å². The van der Waals surface area contributed by atoms with Gasteiger partial charge in [-0.15, -0.1) is 6.42 Å². The van der Waals surface area contributed by atoms with Gasteiger partial charge in [-0.1, -0.05) is 5.92 Å². The smallest absolute Gasteiger partial charge is 0.307 e. The van der Waals surface area contributed by atoms with Crippen LogP contribution in [-0.2, 0) is 14.3 Å². The molecular formula is C12H11BrN2O3. The highest BCUT2D eigenvalue weighted by Gasteiger charge is 2.08. The second-order valence-electron chi connectivity index (χ2n) is 3.27. The van der Waals surface area contributed by atoms with Gasteiger partial charge in [0.1, 0.15) is 5.82 Å². The number of carbonyl (C=O) groups excluding carboxylic acids is 2. The number of anilines is 1. The molecule has 0 bridgehead atoms. The van der Waals surface area contributed by atoms with Crippen molar-refractivity contribution in [2.45, 2.75) is 12.8 Å². The first kappa shape index (κ1) is 14.2. The van der Waals surface area contributed by atoms with Gasteiger partial charge in [0.05, 0.1) is 6.42 Å². The Kier molecular flexibility index (Phi) is 5.88. The van der Waals surface area contributed by atoms with E-state index < -0.39 is 5.97 Å². The van der Waals surface area contributed by atoms with Gasteiger partial charge in [-0.2, -0.15) is 0 Å². The summed E-state index contributed by atoms with van der Waals surface area (Å²) in [5.74, 6) is 1.81. The standard InChI is InChI=1S/C12H11BrN2O3/c1-2-7-18-12(17)6-5-11(16)15-10-4-3-9(13)8-14-10/h1,3-4,8H,5-7H2,(H,14,15,16). The van der Waals surface area contributed by atoms with Gasteiger partial charge in [0.2, 0.25) is 5.91 Å². The fraction of sp³-hybridized carbons (Fsp3) is 0.250. The van der Waals surface area contributed by atoms with Crippen LogP contribution in [0.2, 0.25) is 0 Å². The van der Waals surface area contributed by atoms with Crippen LogP contribution in [0.5, 0.6) is 0 Å². The highest BCUT2D eigenvalue weighted by molar-refractivity contribution is 9.10. The fourth-order valence-corrected chi connectivity index (χ4v) is 1.30. The summed E-state index contributed by atoms with van der Waals surface area (Å²) in [5.41, 5.74) is 0. The maximum absolute atomic E-state index is 11.5. The fourth-order valence-electron chi connectivity index (χ4n) is 1.07. The Morgan fingerprint density at radius 1 is 1.44 bits per heavy atom. The molecule has 0 saturated carbocycles. The molecule has 0 spiro atoms. The highest BCUT2D eigenvalue weighted by atomic mass is 79.9. The molecule has 1 aromatic rings. The van der Waals surface area contributed by atoms with Crippen LogP contribution in [0, 0.1) is 12.3 Å². The summed E-state index contributed by atoms with van der Waals surface area (Å²) in [7, 11) is 0. The zero-order valence-corrected chi connectivity index (χ0v) is 11.1. The number of ether oxygens (including phenoxy) is 1. The van der Waals surface area contributed by atoms with Gasteiger partial charge >= 0.3 is 5.97 Å². The van der Waals surface area contributed by atoms with Crippen molar-refractivity contribution >= 4 is 33.6 Å². The molecule has 0 radical (unpaired) electrons.